The van der Waals surface area contributed by atoms with E-state index in [0.717, 1.165) is 11.3 Å². The normalized spacial score (nSPS) is 10.2. The molecule has 1 N–H and O–H groups in total. The molecule has 0 aliphatic carbocycles. The van der Waals surface area contributed by atoms with Crippen molar-refractivity contribution in [2.24, 2.45) is 0 Å². The molecule has 0 saturated carbocycles. The van der Waals surface area contributed by atoms with Crippen LogP contribution >= 0.6 is 0 Å². The minimum Gasteiger partial charge on any atom is -0.493 e. The van der Waals surface area contributed by atoms with Crippen LogP contribution in [0.4, 0.5) is 0 Å². The lowest BCUT2D eigenvalue weighted by Crippen LogP contribution is -2.28. The van der Waals surface area contributed by atoms with Crippen LogP contribution in [-0.2, 0) is 11.3 Å². The first-order chi connectivity index (χ1) is 14.6. The summed E-state index contributed by atoms with van der Waals surface area (Å²) in [6, 6.07) is 20.5. The van der Waals surface area contributed by atoms with E-state index in [1.54, 1.807) is 44.6 Å². The monoisotopic (exact) mass is 407 g/mol. The van der Waals surface area contributed by atoms with Crippen molar-refractivity contribution in [1.29, 1.82) is 0 Å². The minimum atomic E-state index is -0.218. The number of aryl methyl sites for hydroxylation is 1. The zero-order chi connectivity index (χ0) is 21.3. The van der Waals surface area contributed by atoms with Crippen LogP contribution < -0.4 is 24.3 Å². The van der Waals surface area contributed by atoms with E-state index in [0.29, 0.717) is 29.5 Å². The number of carbonyl (C=O) groups is 1. The second-order valence-corrected chi connectivity index (χ2v) is 6.64. The van der Waals surface area contributed by atoms with Crippen LogP contribution in [-0.4, -0.2) is 26.7 Å². The van der Waals surface area contributed by atoms with Gasteiger partial charge in [-0.15, -0.1) is 0 Å². The Bertz CT molecular complexity index is 968. The van der Waals surface area contributed by atoms with Gasteiger partial charge in [0.25, 0.3) is 5.91 Å². The number of hydrogen-bond donors (Lipinski definition) is 1. The van der Waals surface area contributed by atoms with Gasteiger partial charge in [-0.3, -0.25) is 4.79 Å². The summed E-state index contributed by atoms with van der Waals surface area (Å²) in [7, 11) is 3.16. The molecular formula is C24H25NO5. The van der Waals surface area contributed by atoms with Crippen LogP contribution in [0.3, 0.4) is 0 Å². The molecule has 0 spiro atoms. The van der Waals surface area contributed by atoms with Crippen LogP contribution in [0.25, 0.3) is 0 Å². The van der Waals surface area contributed by atoms with E-state index in [2.05, 4.69) is 5.32 Å². The summed E-state index contributed by atoms with van der Waals surface area (Å²) in [5.41, 5.74) is 2.08. The maximum atomic E-state index is 12.1. The summed E-state index contributed by atoms with van der Waals surface area (Å²) >= 11 is 0. The largest absolute Gasteiger partial charge is 0.493 e. The van der Waals surface area contributed by atoms with Crippen molar-refractivity contribution in [3.63, 3.8) is 0 Å². The molecule has 6 heteroatoms. The second-order valence-electron chi connectivity index (χ2n) is 6.64. The van der Waals surface area contributed by atoms with Crippen LogP contribution in [0.1, 0.15) is 11.1 Å². The molecule has 0 heterocycles. The number of ether oxygens (including phenoxy) is 4. The highest BCUT2D eigenvalue weighted by Crippen LogP contribution is 2.27. The summed E-state index contributed by atoms with van der Waals surface area (Å²) in [6.07, 6.45) is 0. The molecule has 0 aliphatic heterocycles. The van der Waals surface area contributed by atoms with Gasteiger partial charge in [0.15, 0.2) is 18.1 Å². The van der Waals surface area contributed by atoms with Crippen LogP contribution in [0.5, 0.6) is 28.7 Å². The topological polar surface area (TPSA) is 66.0 Å². The second kappa shape index (κ2) is 10.2. The van der Waals surface area contributed by atoms with Gasteiger partial charge in [0.05, 0.1) is 14.2 Å². The summed E-state index contributed by atoms with van der Waals surface area (Å²) < 4.78 is 21.8. The van der Waals surface area contributed by atoms with E-state index < -0.39 is 0 Å². The Labute approximate surface area is 176 Å². The Balaban J connectivity index is 1.46. The molecule has 0 saturated heterocycles. The summed E-state index contributed by atoms with van der Waals surface area (Å²) in [4.78, 5) is 12.1. The standard InChI is InChI=1S/C24H25NO5/c1-17-4-7-20(8-5-17)30-21-11-9-19(10-12-21)29-16-24(26)25-15-18-6-13-22(27-2)23(14-18)28-3/h4-14H,15-16H2,1-3H3,(H,25,26). The summed E-state index contributed by atoms with van der Waals surface area (Å²) in [5.74, 6) is 3.10. The molecule has 0 aliphatic rings. The molecule has 3 aromatic carbocycles. The number of carbonyl (C=O) groups excluding carboxylic acids is 1. The molecule has 0 unspecified atom stereocenters. The third-order valence-corrected chi connectivity index (χ3v) is 4.39. The first kappa shape index (κ1) is 21.0. The molecule has 3 rings (SSSR count). The van der Waals surface area contributed by atoms with Crippen molar-refractivity contribution in [1.82, 2.24) is 5.32 Å². The van der Waals surface area contributed by atoms with Gasteiger partial charge in [-0.05, 0) is 61.0 Å². The number of methoxy groups -OCH3 is 2. The number of benzene rings is 3. The summed E-state index contributed by atoms with van der Waals surface area (Å²) in [6.45, 7) is 2.32. The number of hydrogen-bond acceptors (Lipinski definition) is 5. The van der Waals surface area contributed by atoms with Crippen molar-refractivity contribution in [3.8, 4) is 28.7 Å². The minimum absolute atomic E-state index is 0.0779. The molecule has 0 bridgehead atoms. The lowest BCUT2D eigenvalue weighted by atomic mass is 10.2. The van der Waals surface area contributed by atoms with Crippen molar-refractivity contribution in [2.45, 2.75) is 13.5 Å². The highest BCUT2D eigenvalue weighted by molar-refractivity contribution is 5.77. The van der Waals surface area contributed by atoms with Crippen molar-refractivity contribution in [2.75, 3.05) is 20.8 Å². The van der Waals surface area contributed by atoms with Gasteiger partial charge in [-0.1, -0.05) is 23.8 Å². The number of rotatable bonds is 9. The molecule has 6 nitrogen and oxygen atoms in total. The van der Waals surface area contributed by atoms with E-state index in [9.17, 15) is 4.79 Å². The van der Waals surface area contributed by atoms with Gasteiger partial charge in [0.2, 0.25) is 0 Å². The third kappa shape index (κ3) is 5.91. The lowest BCUT2D eigenvalue weighted by Gasteiger charge is -2.11. The van der Waals surface area contributed by atoms with Crippen molar-refractivity contribution in [3.05, 3.63) is 77.9 Å². The molecule has 30 heavy (non-hydrogen) atoms. The molecule has 0 fully saturated rings. The fourth-order valence-electron chi connectivity index (χ4n) is 2.74. The fourth-order valence-corrected chi connectivity index (χ4v) is 2.74. The zero-order valence-corrected chi connectivity index (χ0v) is 17.3. The Morgan fingerprint density at radius 1 is 0.800 bits per heavy atom. The third-order valence-electron chi connectivity index (χ3n) is 4.39. The van der Waals surface area contributed by atoms with Gasteiger partial charge in [0.1, 0.15) is 17.2 Å². The Kier molecular flexibility index (Phi) is 7.16. The predicted molar refractivity (Wildman–Crippen MR) is 115 cm³/mol. The first-order valence-electron chi connectivity index (χ1n) is 9.52. The predicted octanol–water partition coefficient (Wildman–Crippen LogP) is 4.50. The molecular weight excluding hydrogens is 382 g/mol. The van der Waals surface area contributed by atoms with Gasteiger partial charge in [-0.25, -0.2) is 0 Å². The average Bonchev–Trinajstić information content (AvgIpc) is 2.78. The van der Waals surface area contributed by atoms with Gasteiger partial charge < -0.3 is 24.3 Å². The summed E-state index contributed by atoms with van der Waals surface area (Å²) in [5, 5.41) is 2.82. The SMILES string of the molecule is COc1ccc(CNC(=O)COc2ccc(Oc3ccc(C)cc3)cc2)cc1OC. The van der Waals surface area contributed by atoms with E-state index in [4.69, 9.17) is 18.9 Å². The van der Waals surface area contributed by atoms with Gasteiger partial charge >= 0.3 is 0 Å². The molecule has 0 radical (unpaired) electrons. The first-order valence-corrected chi connectivity index (χ1v) is 9.52. The van der Waals surface area contributed by atoms with Crippen LogP contribution in [0.15, 0.2) is 66.7 Å². The molecule has 1 amide bonds. The van der Waals surface area contributed by atoms with Gasteiger partial charge in [0, 0.05) is 6.54 Å². The molecule has 0 aromatic heterocycles. The molecule has 0 atom stereocenters. The van der Waals surface area contributed by atoms with Crippen LogP contribution in [0, 0.1) is 6.92 Å². The average molecular weight is 407 g/mol. The Hall–Kier alpha value is -3.67. The number of nitrogens with one attached hydrogen (secondary N) is 1. The van der Waals surface area contributed by atoms with E-state index >= 15 is 0 Å². The van der Waals surface area contributed by atoms with Crippen molar-refractivity contribution < 1.29 is 23.7 Å². The fraction of sp³-hybridized carbons (Fsp3) is 0.208. The Morgan fingerprint density at radius 2 is 1.40 bits per heavy atom. The Morgan fingerprint density at radius 3 is 2.03 bits per heavy atom. The highest BCUT2D eigenvalue weighted by atomic mass is 16.5. The maximum absolute atomic E-state index is 12.1. The number of amides is 1. The zero-order valence-electron chi connectivity index (χ0n) is 17.3. The molecule has 156 valence electrons. The lowest BCUT2D eigenvalue weighted by molar-refractivity contribution is -0.123. The molecule has 3 aromatic rings. The van der Waals surface area contributed by atoms with Crippen molar-refractivity contribution >= 4 is 5.91 Å². The maximum Gasteiger partial charge on any atom is 0.258 e. The van der Waals surface area contributed by atoms with Crippen LogP contribution in [0.2, 0.25) is 0 Å². The smallest absolute Gasteiger partial charge is 0.258 e. The van der Waals surface area contributed by atoms with E-state index in [1.165, 1.54) is 5.56 Å². The quantitative estimate of drug-likeness (QED) is 0.566. The van der Waals surface area contributed by atoms with E-state index in [-0.39, 0.29) is 12.5 Å². The highest BCUT2D eigenvalue weighted by Gasteiger charge is 2.07. The van der Waals surface area contributed by atoms with Gasteiger partial charge in [-0.2, -0.15) is 0 Å². The van der Waals surface area contributed by atoms with E-state index in [1.807, 2.05) is 43.3 Å².